The topological polar surface area (TPSA) is 9.23 Å². The lowest BCUT2D eigenvalue weighted by atomic mass is 9.98. The van der Waals surface area contributed by atoms with E-state index in [2.05, 4.69) is 31.2 Å². The standard InChI is InChI=1S/C34H27F5O/c1-2-3-4-5-21-6-9-23(10-7-21)24-11-13-25(14-12-24)26-17-30(36)34(31(37)18-26)40-20-22-8-15-28-27(16-22)19-29(35)33(39)32(28)38/h6-19H,2-5,20H2,1H3. The average Bonchev–Trinajstić information content (AvgIpc) is 2.96. The van der Waals surface area contributed by atoms with Crippen LogP contribution in [0.1, 0.15) is 37.3 Å². The Labute approximate surface area is 229 Å². The molecular formula is C34H27F5O. The van der Waals surface area contributed by atoms with E-state index in [4.69, 9.17) is 4.74 Å². The Morgan fingerprint density at radius 2 is 1.12 bits per heavy atom. The van der Waals surface area contributed by atoms with E-state index in [1.807, 2.05) is 24.3 Å². The second-order valence-corrected chi connectivity index (χ2v) is 9.83. The van der Waals surface area contributed by atoms with Crippen LogP contribution >= 0.6 is 0 Å². The van der Waals surface area contributed by atoms with Crippen molar-refractivity contribution in [3.8, 4) is 28.0 Å². The highest BCUT2D eigenvalue weighted by Gasteiger charge is 2.16. The Balaban J connectivity index is 1.29. The van der Waals surface area contributed by atoms with Crippen LogP contribution in [-0.4, -0.2) is 0 Å². The maximum Gasteiger partial charge on any atom is 0.195 e. The minimum absolute atomic E-state index is 0.102. The van der Waals surface area contributed by atoms with E-state index in [9.17, 15) is 22.0 Å². The van der Waals surface area contributed by atoms with E-state index in [1.165, 1.54) is 55.2 Å². The summed E-state index contributed by atoms with van der Waals surface area (Å²) in [5.74, 6) is -6.48. The van der Waals surface area contributed by atoms with Gasteiger partial charge in [-0.25, -0.2) is 22.0 Å². The molecule has 0 aliphatic carbocycles. The predicted octanol–water partition coefficient (Wildman–Crippen LogP) is 10.2. The van der Waals surface area contributed by atoms with Crippen molar-refractivity contribution in [2.45, 2.75) is 39.2 Å². The molecule has 1 nitrogen and oxygen atoms in total. The van der Waals surface area contributed by atoms with Crippen molar-refractivity contribution in [3.05, 3.63) is 125 Å². The summed E-state index contributed by atoms with van der Waals surface area (Å²) in [5.41, 5.74) is 4.79. The maximum absolute atomic E-state index is 14.9. The monoisotopic (exact) mass is 546 g/mol. The van der Waals surface area contributed by atoms with Gasteiger partial charge in [0.05, 0.1) is 0 Å². The summed E-state index contributed by atoms with van der Waals surface area (Å²) in [6.45, 7) is 1.93. The highest BCUT2D eigenvalue weighted by molar-refractivity contribution is 5.84. The van der Waals surface area contributed by atoms with Crippen molar-refractivity contribution in [1.82, 2.24) is 0 Å². The number of benzene rings is 5. The first-order chi connectivity index (χ1) is 19.3. The molecule has 0 spiro atoms. The van der Waals surface area contributed by atoms with Crippen molar-refractivity contribution in [1.29, 1.82) is 0 Å². The molecule has 0 heterocycles. The normalized spacial score (nSPS) is 11.2. The number of fused-ring (bicyclic) bond motifs is 1. The van der Waals surface area contributed by atoms with E-state index in [0.29, 0.717) is 16.7 Å². The number of halogens is 5. The van der Waals surface area contributed by atoms with Crippen LogP contribution in [-0.2, 0) is 13.0 Å². The van der Waals surface area contributed by atoms with Gasteiger partial charge in [0, 0.05) is 5.39 Å². The van der Waals surface area contributed by atoms with Gasteiger partial charge in [-0.15, -0.1) is 0 Å². The van der Waals surface area contributed by atoms with E-state index in [-0.39, 0.29) is 17.4 Å². The van der Waals surface area contributed by atoms with Crippen LogP contribution in [0.3, 0.4) is 0 Å². The smallest absolute Gasteiger partial charge is 0.195 e. The number of aryl methyl sites for hydroxylation is 1. The van der Waals surface area contributed by atoms with Crippen LogP contribution in [0.2, 0.25) is 0 Å². The fourth-order valence-corrected chi connectivity index (χ4v) is 4.76. The molecule has 5 aromatic rings. The second-order valence-electron chi connectivity index (χ2n) is 9.83. The Bertz CT molecular complexity index is 1620. The van der Waals surface area contributed by atoms with Crippen molar-refractivity contribution in [3.63, 3.8) is 0 Å². The third-order valence-corrected chi connectivity index (χ3v) is 6.99. The van der Waals surface area contributed by atoms with Crippen LogP contribution in [0.15, 0.2) is 84.9 Å². The molecule has 0 saturated carbocycles. The molecule has 6 heteroatoms. The molecule has 0 aliphatic rings. The molecule has 0 atom stereocenters. The zero-order valence-electron chi connectivity index (χ0n) is 21.9. The van der Waals surface area contributed by atoms with Gasteiger partial charge in [-0.05, 0) is 75.9 Å². The Hall–Kier alpha value is -4.19. The number of hydrogen-bond acceptors (Lipinski definition) is 1. The summed E-state index contributed by atoms with van der Waals surface area (Å²) in [5, 5.41) is 0.00922. The first-order valence-electron chi connectivity index (χ1n) is 13.2. The molecule has 0 N–H and O–H groups in total. The molecule has 0 saturated heterocycles. The van der Waals surface area contributed by atoms with Gasteiger partial charge in [-0.3, -0.25) is 0 Å². The van der Waals surface area contributed by atoms with Crippen LogP contribution in [0.4, 0.5) is 22.0 Å². The molecule has 0 bridgehead atoms. The van der Waals surface area contributed by atoms with Gasteiger partial charge in [0.15, 0.2) is 34.8 Å². The van der Waals surface area contributed by atoms with Crippen LogP contribution in [0, 0.1) is 29.1 Å². The van der Waals surface area contributed by atoms with Crippen LogP contribution < -0.4 is 4.74 Å². The summed E-state index contributed by atoms with van der Waals surface area (Å²) in [7, 11) is 0. The van der Waals surface area contributed by atoms with Crippen molar-refractivity contribution in [2.75, 3.05) is 0 Å². The molecule has 40 heavy (non-hydrogen) atoms. The van der Waals surface area contributed by atoms with E-state index < -0.39 is 34.8 Å². The summed E-state index contributed by atoms with van der Waals surface area (Å²) in [6.07, 6.45) is 4.65. The minimum atomic E-state index is -1.55. The predicted molar refractivity (Wildman–Crippen MR) is 149 cm³/mol. The summed E-state index contributed by atoms with van der Waals surface area (Å²) in [6, 6.07) is 23.2. The lowest BCUT2D eigenvalue weighted by molar-refractivity contribution is 0.274. The molecule has 0 radical (unpaired) electrons. The highest BCUT2D eigenvalue weighted by atomic mass is 19.2. The van der Waals surface area contributed by atoms with E-state index >= 15 is 0 Å². The fourth-order valence-electron chi connectivity index (χ4n) is 4.76. The van der Waals surface area contributed by atoms with Gasteiger partial charge in [-0.2, -0.15) is 0 Å². The van der Waals surface area contributed by atoms with Crippen molar-refractivity contribution >= 4 is 10.8 Å². The Morgan fingerprint density at radius 3 is 1.75 bits per heavy atom. The van der Waals surface area contributed by atoms with Crippen molar-refractivity contribution < 1.29 is 26.7 Å². The largest absolute Gasteiger partial charge is 0.483 e. The maximum atomic E-state index is 14.9. The number of hydrogen-bond donors (Lipinski definition) is 0. The Morgan fingerprint density at radius 1 is 0.550 bits per heavy atom. The zero-order chi connectivity index (χ0) is 28.2. The van der Waals surface area contributed by atoms with Crippen LogP contribution in [0.5, 0.6) is 5.75 Å². The molecule has 5 rings (SSSR count). The second kappa shape index (κ2) is 11.9. The molecule has 0 unspecified atom stereocenters. The van der Waals surface area contributed by atoms with Crippen LogP contribution in [0.25, 0.3) is 33.0 Å². The summed E-state index contributed by atoms with van der Waals surface area (Å²) < 4.78 is 76.2. The average molecular weight is 547 g/mol. The SMILES string of the molecule is CCCCCc1ccc(-c2ccc(-c3cc(F)c(OCc4ccc5c(F)c(F)c(F)cc5c4)c(F)c3)cc2)cc1. The number of ether oxygens (including phenoxy) is 1. The molecule has 204 valence electrons. The van der Waals surface area contributed by atoms with Gasteiger partial charge < -0.3 is 4.74 Å². The van der Waals surface area contributed by atoms with E-state index in [0.717, 1.165) is 23.6 Å². The van der Waals surface area contributed by atoms with Crippen molar-refractivity contribution in [2.24, 2.45) is 0 Å². The highest BCUT2D eigenvalue weighted by Crippen LogP contribution is 2.32. The first kappa shape index (κ1) is 27.4. The van der Waals surface area contributed by atoms with Gasteiger partial charge in [-0.1, -0.05) is 80.4 Å². The fraction of sp³-hybridized carbons (Fsp3) is 0.176. The van der Waals surface area contributed by atoms with Gasteiger partial charge >= 0.3 is 0 Å². The van der Waals surface area contributed by atoms with E-state index in [1.54, 1.807) is 0 Å². The van der Waals surface area contributed by atoms with Gasteiger partial charge in [0.25, 0.3) is 0 Å². The lowest BCUT2D eigenvalue weighted by Gasteiger charge is -2.12. The molecular weight excluding hydrogens is 519 g/mol. The molecule has 0 aliphatic heterocycles. The molecule has 0 fully saturated rings. The molecule has 0 amide bonds. The minimum Gasteiger partial charge on any atom is -0.483 e. The number of unbranched alkanes of at least 4 members (excludes halogenated alkanes) is 2. The third kappa shape index (κ3) is 5.86. The summed E-state index contributed by atoms with van der Waals surface area (Å²) in [4.78, 5) is 0. The molecule has 0 aromatic heterocycles. The van der Waals surface area contributed by atoms with Gasteiger partial charge in [0.2, 0.25) is 0 Å². The number of rotatable bonds is 9. The zero-order valence-corrected chi connectivity index (χ0v) is 21.9. The first-order valence-corrected chi connectivity index (χ1v) is 13.2. The Kier molecular flexibility index (Phi) is 8.15. The van der Waals surface area contributed by atoms with Gasteiger partial charge in [0.1, 0.15) is 6.61 Å². The summed E-state index contributed by atoms with van der Waals surface area (Å²) >= 11 is 0. The quantitative estimate of drug-likeness (QED) is 0.102. The third-order valence-electron chi connectivity index (χ3n) is 6.99. The lowest BCUT2D eigenvalue weighted by Crippen LogP contribution is -2.01. The molecule has 5 aromatic carbocycles.